The number of ether oxygens (including phenoxy) is 1. The highest BCUT2D eigenvalue weighted by Crippen LogP contribution is 2.19. The van der Waals surface area contributed by atoms with Gasteiger partial charge in [0, 0.05) is 17.3 Å². The molecule has 21 heavy (non-hydrogen) atoms. The van der Waals surface area contributed by atoms with Crippen molar-refractivity contribution in [1.29, 1.82) is 0 Å². The Morgan fingerprint density at radius 1 is 1.24 bits per heavy atom. The zero-order valence-corrected chi connectivity index (χ0v) is 11.8. The van der Waals surface area contributed by atoms with Gasteiger partial charge in [0.2, 0.25) is 0 Å². The minimum absolute atomic E-state index is 0.169. The van der Waals surface area contributed by atoms with Crippen LogP contribution in [0.25, 0.3) is 11.0 Å². The number of anilines is 1. The second-order valence-electron chi connectivity index (χ2n) is 4.74. The number of rotatable bonds is 3. The van der Waals surface area contributed by atoms with Gasteiger partial charge in [0.25, 0.3) is 5.91 Å². The normalized spacial score (nSPS) is 10.6. The van der Waals surface area contributed by atoms with E-state index in [1.54, 1.807) is 25.3 Å². The van der Waals surface area contributed by atoms with Gasteiger partial charge in [-0.2, -0.15) is 0 Å². The fraction of sp³-hybridized carbons (Fsp3) is 0.125. The quantitative estimate of drug-likeness (QED) is 0.775. The van der Waals surface area contributed by atoms with E-state index in [0.717, 1.165) is 16.9 Å². The predicted octanol–water partition coefficient (Wildman–Crippen LogP) is 3.13. The lowest BCUT2D eigenvalue weighted by Crippen LogP contribution is -2.11. The highest BCUT2D eigenvalue weighted by atomic mass is 16.5. The van der Waals surface area contributed by atoms with Crippen LogP contribution < -0.4 is 10.1 Å². The van der Waals surface area contributed by atoms with Gasteiger partial charge in [0.1, 0.15) is 11.6 Å². The number of benzene rings is 2. The van der Waals surface area contributed by atoms with Crippen molar-refractivity contribution in [3.05, 3.63) is 53.9 Å². The lowest BCUT2D eigenvalue weighted by Gasteiger charge is -2.07. The first-order chi connectivity index (χ1) is 10.2. The summed E-state index contributed by atoms with van der Waals surface area (Å²) in [5, 5.41) is 2.85. The smallest absolute Gasteiger partial charge is 0.255 e. The lowest BCUT2D eigenvalue weighted by molar-refractivity contribution is 0.102. The number of carbonyl (C=O) groups excluding carboxylic acids is 1. The Hall–Kier alpha value is -2.82. The van der Waals surface area contributed by atoms with Crippen molar-refractivity contribution < 1.29 is 9.53 Å². The third kappa shape index (κ3) is 2.72. The first-order valence-electron chi connectivity index (χ1n) is 6.57. The van der Waals surface area contributed by atoms with Crippen molar-refractivity contribution in [2.75, 3.05) is 12.4 Å². The molecule has 0 bridgehead atoms. The average Bonchev–Trinajstić information content (AvgIpc) is 2.86. The molecule has 1 aromatic heterocycles. The molecule has 5 heteroatoms. The summed E-state index contributed by atoms with van der Waals surface area (Å²) in [4.78, 5) is 19.7. The van der Waals surface area contributed by atoms with Gasteiger partial charge in [0.15, 0.2) is 0 Å². The van der Waals surface area contributed by atoms with Gasteiger partial charge in [0.05, 0.1) is 18.1 Å². The zero-order chi connectivity index (χ0) is 14.8. The Kier molecular flexibility index (Phi) is 3.31. The Morgan fingerprint density at radius 2 is 2.10 bits per heavy atom. The van der Waals surface area contributed by atoms with E-state index in [9.17, 15) is 4.79 Å². The van der Waals surface area contributed by atoms with Gasteiger partial charge in [-0.15, -0.1) is 0 Å². The van der Waals surface area contributed by atoms with Crippen LogP contribution in [0.2, 0.25) is 0 Å². The van der Waals surface area contributed by atoms with E-state index in [0.29, 0.717) is 17.0 Å². The van der Waals surface area contributed by atoms with Gasteiger partial charge in [-0.05, 0) is 37.3 Å². The first kappa shape index (κ1) is 13.2. The maximum atomic E-state index is 12.3. The molecule has 0 unspecified atom stereocenters. The lowest BCUT2D eigenvalue weighted by atomic mass is 10.2. The van der Waals surface area contributed by atoms with Gasteiger partial charge >= 0.3 is 0 Å². The molecule has 5 nitrogen and oxygen atoms in total. The van der Waals surface area contributed by atoms with Gasteiger partial charge < -0.3 is 15.0 Å². The SMILES string of the molecule is COc1cccc(NC(=O)c2ccc3nc(C)[nH]c3c2)c1. The molecule has 0 radical (unpaired) electrons. The predicted molar refractivity (Wildman–Crippen MR) is 81.8 cm³/mol. The summed E-state index contributed by atoms with van der Waals surface area (Å²) in [7, 11) is 1.59. The number of nitrogens with zero attached hydrogens (tertiary/aromatic N) is 1. The maximum Gasteiger partial charge on any atom is 0.255 e. The molecule has 1 amide bonds. The summed E-state index contributed by atoms with van der Waals surface area (Å²) in [5.41, 5.74) is 2.98. The Labute approximate surface area is 122 Å². The molecular weight excluding hydrogens is 266 g/mol. The van der Waals surface area contributed by atoms with Gasteiger partial charge in [-0.25, -0.2) is 4.98 Å². The van der Waals surface area contributed by atoms with Crippen molar-refractivity contribution in [2.45, 2.75) is 6.92 Å². The van der Waals surface area contributed by atoms with E-state index in [2.05, 4.69) is 15.3 Å². The number of amides is 1. The summed E-state index contributed by atoms with van der Waals surface area (Å²) in [6, 6.07) is 12.6. The molecule has 0 spiro atoms. The van der Waals surface area contributed by atoms with Gasteiger partial charge in [-0.3, -0.25) is 4.79 Å². The van der Waals surface area contributed by atoms with Crippen molar-refractivity contribution in [3.8, 4) is 5.75 Å². The summed E-state index contributed by atoms with van der Waals surface area (Å²) in [6.45, 7) is 1.88. The number of aryl methyl sites for hydroxylation is 1. The molecule has 2 N–H and O–H groups in total. The van der Waals surface area contributed by atoms with Crippen molar-refractivity contribution in [3.63, 3.8) is 0 Å². The number of imidazole rings is 1. The number of hydrogen-bond acceptors (Lipinski definition) is 3. The van der Waals surface area contributed by atoms with Crippen LogP contribution in [0.4, 0.5) is 5.69 Å². The molecule has 3 rings (SSSR count). The Bertz CT molecular complexity index is 808. The standard InChI is InChI=1S/C16H15N3O2/c1-10-17-14-7-6-11(8-15(14)18-10)16(20)19-12-4-3-5-13(9-12)21-2/h3-9H,1-2H3,(H,17,18)(H,19,20). The topological polar surface area (TPSA) is 67.0 Å². The number of H-pyrrole nitrogens is 1. The molecule has 1 heterocycles. The number of nitrogens with one attached hydrogen (secondary N) is 2. The molecule has 3 aromatic rings. The van der Waals surface area contributed by atoms with Crippen LogP contribution in [0.5, 0.6) is 5.75 Å². The number of aromatic nitrogens is 2. The van der Waals surface area contributed by atoms with E-state index in [4.69, 9.17) is 4.74 Å². The van der Waals surface area contributed by atoms with Crippen LogP contribution >= 0.6 is 0 Å². The highest BCUT2D eigenvalue weighted by Gasteiger charge is 2.09. The van der Waals surface area contributed by atoms with Crippen LogP contribution in [0, 0.1) is 6.92 Å². The number of aromatic amines is 1. The monoisotopic (exact) mass is 281 g/mol. The summed E-state index contributed by atoms with van der Waals surface area (Å²) in [6.07, 6.45) is 0. The summed E-state index contributed by atoms with van der Waals surface area (Å²) in [5.74, 6) is 1.36. The molecular formula is C16H15N3O2. The maximum absolute atomic E-state index is 12.3. The van der Waals surface area contributed by atoms with E-state index >= 15 is 0 Å². The number of methoxy groups -OCH3 is 1. The second kappa shape index (κ2) is 5.28. The fourth-order valence-electron chi connectivity index (χ4n) is 2.18. The molecule has 0 fully saturated rings. The van der Waals surface area contributed by atoms with E-state index in [1.807, 2.05) is 31.2 Å². The van der Waals surface area contributed by atoms with Crippen LogP contribution in [-0.2, 0) is 0 Å². The van der Waals surface area contributed by atoms with Crippen LogP contribution in [-0.4, -0.2) is 23.0 Å². The summed E-state index contributed by atoms with van der Waals surface area (Å²) < 4.78 is 5.14. The van der Waals surface area contributed by atoms with E-state index in [1.165, 1.54) is 0 Å². The van der Waals surface area contributed by atoms with Crippen LogP contribution in [0.1, 0.15) is 16.2 Å². The molecule has 0 aliphatic heterocycles. The van der Waals surface area contributed by atoms with Crippen molar-refractivity contribution in [1.82, 2.24) is 9.97 Å². The molecule has 2 aromatic carbocycles. The highest BCUT2D eigenvalue weighted by molar-refractivity contribution is 6.06. The molecule has 106 valence electrons. The Morgan fingerprint density at radius 3 is 2.90 bits per heavy atom. The Balaban J connectivity index is 1.85. The second-order valence-corrected chi connectivity index (χ2v) is 4.74. The van der Waals surface area contributed by atoms with Gasteiger partial charge in [-0.1, -0.05) is 6.07 Å². The van der Waals surface area contributed by atoms with E-state index < -0.39 is 0 Å². The molecule has 0 saturated heterocycles. The first-order valence-corrected chi connectivity index (χ1v) is 6.57. The molecule has 0 saturated carbocycles. The summed E-state index contributed by atoms with van der Waals surface area (Å²) >= 11 is 0. The molecule has 0 aliphatic rings. The third-order valence-corrected chi connectivity index (χ3v) is 3.19. The zero-order valence-electron chi connectivity index (χ0n) is 11.8. The van der Waals surface area contributed by atoms with Crippen molar-refractivity contribution >= 4 is 22.6 Å². The largest absolute Gasteiger partial charge is 0.497 e. The number of carbonyl (C=O) groups is 1. The average molecular weight is 281 g/mol. The fourth-order valence-corrected chi connectivity index (χ4v) is 2.18. The minimum Gasteiger partial charge on any atom is -0.497 e. The van der Waals surface area contributed by atoms with Crippen molar-refractivity contribution in [2.24, 2.45) is 0 Å². The van der Waals surface area contributed by atoms with E-state index in [-0.39, 0.29) is 5.91 Å². The van der Waals surface area contributed by atoms with Crippen LogP contribution in [0.3, 0.4) is 0 Å². The minimum atomic E-state index is -0.169. The molecule has 0 atom stereocenters. The van der Waals surface area contributed by atoms with Crippen LogP contribution in [0.15, 0.2) is 42.5 Å². The number of hydrogen-bond donors (Lipinski definition) is 2. The number of fused-ring (bicyclic) bond motifs is 1. The molecule has 0 aliphatic carbocycles. The third-order valence-electron chi connectivity index (χ3n) is 3.19.